The van der Waals surface area contributed by atoms with Crippen LogP contribution in [0.2, 0.25) is 0 Å². The van der Waals surface area contributed by atoms with Gasteiger partial charge in [-0.25, -0.2) is 8.42 Å². The largest absolute Gasteiger partial charge is 0.497 e. The Balaban J connectivity index is 2.33. The van der Waals surface area contributed by atoms with E-state index in [0.29, 0.717) is 5.75 Å². The molecule has 1 aromatic carbocycles. The second-order valence-electron chi connectivity index (χ2n) is 4.98. The molecule has 2 rings (SSSR count). The first kappa shape index (κ1) is 16.0. The third kappa shape index (κ3) is 3.29. The van der Waals surface area contributed by atoms with Crippen LogP contribution in [0.4, 0.5) is 5.69 Å². The van der Waals surface area contributed by atoms with Gasteiger partial charge in [-0.05, 0) is 19.1 Å². The number of anilines is 1. The molecule has 0 spiro atoms. The highest BCUT2D eigenvalue weighted by molar-refractivity contribution is 7.89. The summed E-state index contributed by atoms with van der Waals surface area (Å²) in [5.41, 5.74) is 5.96. The number of nitrogen functional groups attached to an aromatic ring is 1. The summed E-state index contributed by atoms with van der Waals surface area (Å²) >= 11 is 0. The highest BCUT2D eigenvalue weighted by atomic mass is 32.2. The van der Waals surface area contributed by atoms with Gasteiger partial charge in [-0.3, -0.25) is 0 Å². The van der Waals surface area contributed by atoms with E-state index in [1.54, 1.807) is 13.0 Å². The van der Waals surface area contributed by atoms with Crippen LogP contribution in [0.5, 0.6) is 5.75 Å². The molecule has 118 valence electrons. The van der Waals surface area contributed by atoms with Crippen LogP contribution in [-0.2, 0) is 14.8 Å². The van der Waals surface area contributed by atoms with E-state index < -0.39 is 16.1 Å². The molecule has 1 saturated heterocycles. The summed E-state index contributed by atoms with van der Waals surface area (Å²) in [6, 6.07) is 4.45. The molecule has 0 aliphatic carbocycles. The molecule has 0 saturated carbocycles. The molecule has 1 aliphatic rings. The number of hydrogen-bond acceptors (Lipinski definition) is 6. The van der Waals surface area contributed by atoms with Crippen LogP contribution >= 0.6 is 0 Å². The van der Waals surface area contributed by atoms with Crippen molar-refractivity contribution in [2.24, 2.45) is 0 Å². The van der Waals surface area contributed by atoms with Crippen molar-refractivity contribution in [1.29, 1.82) is 0 Å². The van der Waals surface area contributed by atoms with Crippen LogP contribution in [0.25, 0.3) is 0 Å². The Morgan fingerprint density at radius 2 is 2.19 bits per heavy atom. The third-order valence-corrected chi connectivity index (χ3v) is 5.24. The number of methoxy groups -OCH3 is 1. The number of rotatable bonds is 4. The van der Waals surface area contributed by atoms with E-state index in [2.05, 4.69) is 0 Å². The third-order valence-electron chi connectivity index (χ3n) is 3.33. The van der Waals surface area contributed by atoms with Crippen LogP contribution in [0.1, 0.15) is 6.92 Å². The minimum Gasteiger partial charge on any atom is -0.497 e. The zero-order valence-electron chi connectivity index (χ0n) is 12.0. The van der Waals surface area contributed by atoms with Gasteiger partial charge in [0, 0.05) is 19.2 Å². The van der Waals surface area contributed by atoms with Crippen LogP contribution in [-0.4, -0.2) is 56.8 Å². The van der Waals surface area contributed by atoms with E-state index in [-0.39, 0.29) is 36.4 Å². The molecule has 0 bridgehead atoms. The number of aliphatic hydroxyl groups is 1. The molecule has 1 fully saturated rings. The first-order valence-corrected chi connectivity index (χ1v) is 8.02. The minimum absolute atomic E-state index is 0.0362. The number of morpholine rings is 1. The average Bonchev–Trinajstić information content (AvgIpc) is 2.46. The molecule has 1 heterocycles. The highest BCUT2D eigenvalue weighted by Gasteiger charge is 2.34. The van der Waals surface area contributed by atoms with Gasteiger partial charge in [0.2, 0.25) is 10.0 Å². The molecular formula is C13H20N2O5S. The summed E-state index contributed by atoms with van der Waals surface area (Å²) in [5.74, 6) is 0.495. The van der Waals surface area contributed by atoms with Crippen molar-refractivity contribution in [1.82, 2.24) is 4.31 Å². The summed E-state index contributed by atoms with van der Waals surface area (Å²) in [4.78, 5) is 0.0362. The SMILES string of the molecule is COc1ccc(S(=O)(=O)N2CC(C)OC(CO)C2)c(N)c1. The van der Waals surface area contributed by atoms with Crippen molar-refractivity contribution < 1.29 is 23.0 Å². The second-order valence-corrected chi connectivity index (χ2v) is 6.88. The van der Waals surface area contributed by atoms with Gasteiger partial charge in [0.05, 0.1) is 31.6 Å². The Kier molecular flexibility index (Phi) is 4.72. The molecule has 7 nitrogen and oxygen atoms in total. The van der Waals surface area contributed by atoms with Crippen LogP contribution in [0.15, 0.2) is 23.1 Å². The quantitative estimate of drug-likeness (QED) is 0.761. The molecule has 0 radical (unpaired) electrons. The number of nitrogens with two attached hydrogens (primary N) is 1. The molecule has 8 heteroatoms. The highest BCUT2D eigenvalue weighted by Crippen LogP contribution is 2.28. The van der Waals surface area contributed by atoms with Gasteiger partial charge in [0.25, 0.3) is 0 Å². The molecule has 1 aromatic rings. The molecule has 2 unspecified atom stereocenters. The van der Waals surface area contributed by atoms with Gasteiger partial charge in [0.15, 0.2) is 0 Å². The fourth-order valence-corrected chi connectivity index (χ4v) is 3.97. The molecule has 21 heavy (non-hydrogen) atoms. The maximum Gasteiger partial charge on any atom is 0.245 e. The average molecular weight is 316 g/mol. The number of nitrogens with zero attached hydrogens (tertiary/aromatic N) is 1. The number of hydrogen-bond donors (Lipinski definition) is 2. The maximum atomic E-state index is 12.7. The Labute approximate surface area is 124 Å². The molecule has 2 atom stereocenters. The van der Waals surface area contributed by atoms with Crippen molar-refractivity contribution in [2.75, 3.05) is 32.5 Å². The second kappa shape index (κ2) is 6.18. The molecule has 3 N–H and O–H groups in total. The van der Waals surface area contributed by atoms with E-state index in [9.17, 15) is 13.5 Å². The summed E-state index contributed by atoms with van der Waals surface area (Å²) in [5, 5.41) is 9.20. The van der Waals surface area contributed by atoms with Crippen LogP contribution < -0.4 is 10.5 Å². The van der Waals surface area contributed by atoms with Gasteiger partial charge >= 0.3 is 0 Å². The lowest BCUT2D eigenvalue weighted by atomic mass is 10.2. The standard InChI is InChI=1S/C13H20N2O5S/c1-9-6-15(7-11(8-16)20-9)21(17,18)13-4-3-10(19-2)5-12(13)14/h3-5,9,11,16H,6-8,14H2,1-2H3. The van der Waals surface area contributed by atoms with E-state index in [1.165, 1.54) is 23.5 Å². The van der Waals surface area contributed by atoms with Crippen molar-refractivity contribution in [3.8, 4) is 5.75 Å². The number of ether oxygens (including phenoxy) is 2. The topological polar surface area (TPSA) is 102 Å². The van der Waals surface area contributed by atoms with Gasteiger partial charge in [-0.15, -0.1) is 0 Å². The smallest absolute Gasteiger partial charge is 0.245 e. The van der Waals surface area contributed by atoms with E-state index in [1.807, 2.05) is 0 Å². The van der Waals surface area contributed by atoms with Crippen molar-refractivity contribution in [2.45, 2.75) is 24.0 Å². The minimum atomic E-state index is -3.73. The Hall–Kier alpha value is -1.35. The molecule has 1 aliphatic heterocycles. The lowest BCUT2D eigenvalue weighted by Crippen LogP contribution is -2.50. The summed E-state index contributed by atoms with van der Waals surface area (Å²) in [7, 11) is -2.25. The number of sulfonamides is 1. The van der Waals surface area contributed by atoms with E-state index >= 15 is 0 Å². The predicted molar refractivity (Wildman–Crippen MR) is 77.6 cm³/mol. The fourth-order valence-electron chi connectivity index (χ4n) is 2.33. The maximum absolute atomic E-state index is 12.7. The normalized spacial score (nSPS) is 24.0. The summed E-state index contributed by atoms with van der Waals surface area (Å²) in [6.07, 6.45) is -0.812. The molecule has 0 aromatic heterocycles. The van der Waals surface area contributed by atoms with Gasteiger partial charge in [-0.2, -0.15) is 4.31 Å². The van der Waals surface area contributed by atoms with Gasteiger partial charge < -0.3 is 20.3 Å². The number of benzene rings is 1. The number of aliphatic hydroxyl groups excluding tert-OH is 1. The lowest BCUT2D eigenvalue weighted by Gasteiger charge is -2.35. The van der Waals surface area contributed by atoms with Crippen molar-refractivity contribution >= 4 is 15.7 Å². The van der Waals surface area contributed by atoms with Gasteiger partial charge in [0.1, 0.15) is 10.6 Å². The van der Waals surface area contributed by atoms with Crippen molar-refractivity contribution in [3.05, 3.63) is 18.2 Å². The molecular weight excluding hydrogens is 296 g/mol. The summed E-state index contributed by atoms with van der Waals surface area (Å²) < 4.78 is 37.1. The van der Waals surface area contributed by atoms with Gasteiger partial charge in [-0.1, -0.05) is 0 Å². The first-order chi connectivity index (χ1) is 9.88. The Morgan fingerprint density at radius 3 is 2.76 bits per heavy atom. The van der Waals surface area contributed by atoms with Crippen LogP contribution in [0, 0.1) is 0 Å². The predicted octanol–water partition coefficient (Wildman–Crippen LogP) is 0.0477. The fraction of sp³-hybridized carbons (Fsp3) is 0.538. The monoisotopic (exact) mass is 316 g/mol. The lowest BCUT2D eigenvalue weighted by molar-refractivity contribution is -0.0750. The zero-order valence-corrected chi connectivity index (χ0v) is 12.8. The van der Waals surface area contributed by atoms with Crippen LogP contribution in [0.3, 0.4) is 0 Å². The zero-order chi connectivity index (χ0) is 15.6. The molecule has 0 amide bonds. The Morgan fingerprint density at radius 1 is 1.48 bits per heavy atom. The van der Waals surface area contributed by atoms with E-state index in [0.717, 1.165) is 0 Å². The summed E-state index contributed by atoms with van der Waals surface area (Å²) in [6.45, 7) is 1.87. The van der Waals surface area contributed by atoms with Crippen molar-refractivity contribution in [3.63, 3.8) is 0 Å². The first-order valence-electron chi connectivity index (χ1n) is 6.58. The van der Waals surface area contributed by atoms with E-state index in [4.69, 9.17) is 15.2 Å². The Bertz CT molecular complexity index is 605.